The van der Waals surface area contributed by atoms with Gasteiger partial charge in [-0.2, -0.15) is 5.10 Å². The summed E-state index contributed by atoms with van der Waals surface area (Å²) in [7, 11) is 1.89. The molecule has 0 saturated carbocycles. The van der Waals surface area contributed by atoms with E-state index in [0.717, 1.165) is 24.6 Å². The van der Waals surface area contributed by atoms with Crippen molar-refractivity contribution >= 4 is 28.6 Å². The minimum atomic E-state index is -0.393. The first-order valence-corrected chi connectivity index (χ1v) is 10.2. The average Bonchev–Trinajstić information content (AvgIpc) is 3.25. The van der Waals surface area contributed by atoms with E-state index < -0.39 is 5.82 Å². The maximum Gasteiger partial charge on any atom is 0.181 e. The summed E-state index contributed by atoms with van der Waals surface area (Å²) in [6.45, 7) is 4.62. The van der Waals surface area contributed by atoms with Gasteiger partial charge in [0.25, 0.3) is 0 Å². The van der Waals surface area contributed by atoms with Gasteiger partial charge in [0.05, 0.1) is 18.9 Å². The molecular weight excluding hydrogens is 419 g/mol. The summed E-state index contributed by atoms with van der Waals surface area (Å²) in [6.07, 6.45) is 5.30. The van der Waals surface area contributed by atoms with Gasteiger partial charge in [-0.05, 0) is 37.3 Å². The predicted molar refractivity (Wildman–Crippen MR) is 119 cm³/mol. The van der Waals surface area contributed by atoms with Crippen LogP contribution in [0.2, 0.25) is 5.02 Å². The molecule has 0 N–H and O–H groups in total. The van der Waals surface area contributed by atoms with E-state index in [4.69, 9.17) is 16.3 Å². The Hall–Kier alpha value is -3.10. The van der Waals surface area contributed by atoms with Crippen LogP contribution in [0.1, 0.15) is 5.69 Å². The van der Waals surface area contributed by atoms with Gasteiger partial charge >= 0.3 is 0 Å². The van der Waals surface area contributed by atoms with Crippen molar-refractivity contribution in [2.45, 2.75) is 6.92 Å². The fraction of sp³-hybridized carbons (Fsp3) is 0.273. The molecule has 31 heavy (non-hydrogen) atoms. The lowest BCUT2D eigenvalue weighted by molar-refractivity contribution is 0.122. The van der Waals surface area contributed by atoms with E-state index >= 15 is 0 Å². The summed E-state index contributed by atoms with van der Waals surface area (Å²) >= 11 is 5.89. The summed E-state index contributed by atoms with van der Waals surface area (Å²) in [4.78, 5) is 15.7. The molecule has 5 rings (SSSR count). The topological polar surface area (TPSA) is 69.0 Å². The number of rotatable bonds is 2. The minimum absolute atomic E-state index is 0.356. The van der Waals surface area contributed by atoms with Gasteiger partial charge in [0.1, 0.15) is 17.2 Å². The smallest absolute Gasteiger partial charge is 0.181 e. The standard InChI is InChI=1S/C18H16ClFN4O.C4H6N2/c1-11-10-21-17-14(13-3-2-12(19)8-15(13)20)9-16(23-18(17)22-11)24-4-6-25-7-5-24;1-6-4-2-3-5-6/h2-3,8-10H,4-7H2,1H3;2-4H,1H3. The Bertz CT molecular complexity index is 1180. The second-order valence-electron chi connectivity index (χ2n) is 7.11. The van der Waals surface area contributed by atoms with Crippen molar-refractivity contribution < 1.29 is 9.13 Å². The fourth-order valence-corrected chi connectivity index (χ4v) is 3.44. The third kappa shape index (κ3) is 4.98. The lowest BCUT2D eigenvalue weighted by Crippen LogP contribution is -2.36. The van der Waals surface area contributed by atoms with Crippen molar-refractivity contribution in [1.29, 1.82) is 0 Å². The van der Waals surface area contributed by atoms with Gasteiger partial charge in [-0.15, -0.1) is 0 Å². The number of hydrogen-bond donors (Lipinski definition) is 0. The molecule has 1 aliphatic rings. The second-order valence-corrected chi connectivity index (χ2v) is 7.55. The molecule has 9 heteroatoms. The summed E-state index contributed by atoms with van der Waals surface area (Å²) in [6, 6.07) is 8.39. The molecule has 1 fully saturated rings. The van der Waals surface area contributed by atoms with Crippen LogP contribution in [0.3, 0.4) is 0 Å². The van der Waals surface area contributed by atoms with Crippen LogP contribution < -0.4 is 4.90 Å². The zero-order valence-corrected chi connectivity index (χ0v) is 18.1. The molecule has 0 atom stereocenters. The van der Waals surface area contributed by atoms with Crippen LogP contribution in [0.15, 0.2) is 48.9 Å². The Kier molecular flexibility index (Phi) is 6.39. The molecule has 1 saturated heterocycles. The van der Waals surface area contributed by atoms with Crippen LogP contribution in [-0.4, -0.2) is 51.0 Å². The molecule has 7 nitrogen and oxygen atoms in total. The van der Waals surface area contributed by atoms with Crippen LogP contribution in [0.4, 0.5) is 10.2 Å². The highest BCUT2D eigenvalue weighted by Crippen LogP contribution is 2.32. The van der Waals surface area contributed by atoms with Gasteiger partial charge in [-0.1, -0.05) is 11.6 Å². The van der Waals surface area contributed by atoms with Crippen LogP contribution in [-0.2, 0) is 11.8 Å². The Morgan fingerprint density at radius 1 is 1.10 bits per heavy atom. The monoisotopic (exact) mass is 440 g/mol. The van der Waals surface area contributed by atoms with Crippen LogP contribution in [0.25, 0.3) is 22.3 Å². The lowest BCUT2D eigenvalue weighted by Gasteiger charge is -2.28. The maximum absolute atomic E-state index is 14.5. The van der Waals surface area contributed by atoms with Gasteiger partial charge in [-0.25, -0.2) is 14.4 Å². The zero-order valence-electron chi connectivity index (χ0n) is 17.3. The van der Waals surface area contributed by atoms with E-state index in [-0.39, 0.29) is 0 Å². The van der Waals surface area contributed by atoms with Crippen molar-refractivity contribution in [2.75, 3.05) is 31.2 Å². The number of pyridine rings is 1. The van der Waals surface area contributed by atoms with Crippen molar-refractivity contribution in [3.8, 4) is 11.1 Å². The first-order valence-electron chi connectivity index (χ1n) is 9.87. The number of fused-ring (bicyclic) bond motifs is 1. The molecule has 160 valence electrons. The SMILES string of the molecule is Cc1cnc2c(-c3ccc(Cl)cc3F)cc(N3CCOCC3)nc2n1.Cn1cccn1. The van der Waals surface area contributed by atoms with Crippen LogP contribution in [0, 0.1) is 12.7 Å². The fourth-order valence-electron chi connectivity index (χ4n) is 3.28. The molecule has 0 unspecified atom stereocenters. The maximum atomic E-state index is 14.5. The number of benzene rings is 1. The average molecular weight is 441 g/mol. The Labute approximate surface area is 184 Å². The second kappa shape index (κ2) is 9.36. The summed E-state index contributed by atoms with van der Waals surface area (Å²) in [5.74, 6) is 0.357. The molecule has 0 amide bonds. The number of halogens is 2. The number of hydrogen-bond acceptors (Lipinski definition) is 6. The highest BCUT2D eigenvalue weighted by molar-refractivity contribution is 6.30. The van der Waals surface area contributed by atoms with Crippen molar-refractivity contribution in [2.24, 2.45) is 7.05 Å². The molecule has 1 aliphatic heterocycles. The number of ether oxygens (including phenoxy) is 1. The summed E-state index contributed by atoms with van der Waals surface area (Å²) < 4.78 is 21.7. The van der Waals surface area contributed by atoms with E-state index in [1.54, 1.807) is 29.2 Å². The van der Waals surface area contributed by atoms with E-state index in [1.165, 1.54) is 6.07 Å². The zero-order chi connectivity index (χ0) is 21.8. The van der Waals surface area contributed by atoms with Gasteiger partial charge in [0.15, 0.2) is 5.65 Å². The van der Waals surface area contributed by atoms with Crippen molar-refractivity contribution in [3.05, 3.63) is 65.5 Å². The first-order chi connectivity index (χ1) is 15.0. The molecule has 0 aliphatic carbocycles. The summed E-state index contributed by atoms with van der Waals surface area (Å²) in [5, 5.41) is 4.19. The van der Waals surface area contributed by atoms with Gasteiger partial charge < -0.3 is 9.64 Å². The normalized spacial score (nSPS) is 13.7. The first kappa shape index (κ1) is 21.1. The number of aromatic nitrogens is 5. The Morgan fingerprint density at radius 2 is 1.90 bits per heavy atom. The third-order valence-electron chi connectivity index (χ3n) is 4.82. The highest BCUT2D eigenvalue weighted by Gasteiger charge is 2.18. The number of nitrogens with zero attached hydrogens (tertiary/aromatic N) is 6. The van der Waals surface area contributed by atoms with E-state index in [1.807, 2.05) is 32.3 Å². The van der Waals surface area contributed by atoms with Crippen molar-refractivity contribution in [3.63, 3.8) is 0 Å². The Balaban J connectivity index is 0.000000334. The molecule has 0 spiro atoms. The van der Waals surface area contributed by atoms with Crippen LogP contribution >= 0.6 is 11.6 Å². The quantitative estimate of drug-likeness (QED) is 0.468. The molecule has 0 radical (unpaired) electrons. The predicted octanol–water partition coefficient (Wildman–Crippen LogP) is 4.05. The molecule has 4 aromatic rings. The molecule has 3 aromatic heterocycles. The molecule has 1 aromatic carbocycles. The van der Waals surface area contributed by atoms with Crippen LogP contribution in [0.5, 0.6) is 0 Å². The molecule has 4 heterocycles. The largest absolute Gasteiger partial charge is 0.378 e. The van der Waals surface area contributed by atoms with E-state index in [2.05, 4.69) is 25.0 Å². The third-order valence-corrected chi connectivity index (χ3v) is 5.05. The van der Waals surface area contributed by atoms with E-state index in [0.29, 0.717) is 40.5 Å². The molecule has 0 bridgehead atoms. The van der Waals surface area contributed by atoms with Crippen molar-refractivity contribution in [1.82, 2.24) is 24.7 Å². The van der Waals surface area contributed by atoms with Gasteiger partial charge in [0.2, 0.25) is 0 Å². The van der Waals surface area contributed by atoms with Gasteiger partial charge in [-0.3, -0.25) is 9.67 Å². The summed E-state index contributed by atoms with van der Waals surface area (Å²) in [5.41, 5.74) is 2.94. The minimum Gasteiger partial charge on any atom is -0.378 e. The van der Waals surface area contributed by atoms with E-state index in [9.17, 15) is 4.39 Å². The number of aryl methyl sites for hydroxylation is 2. The Morgan fingerprint density at radius 3 is 2.55 bits per heavy atom. The highest BCUT2D eigenvalue weighted by atomic mass is 35.5. The lowest BCUT2D eigenvalue weighted by atomic mass is 10.0. The number of anilines is 1. The molecular formula is C22H22ClFN6O. The number of morpholine rings is 1. The van der Waals surface area contributed by atoms with Gasteiger partial charge in [0, 0.05) is 54.9 Å².